The molecule has 0 amide bonds. The third-order valence-corrected chi connectivity index (χ3v) is 4.78. The van der Waals surface area contributed by atoms with Crippen molar-refractivity contribution in [1.29, 1.82) is 0 Å². The molecule has 0 aromatic heterocycles. The third-order valence-electron chi connectivity index (χ3n) is 3.92. The molecule has 1 atom stereocenters. The van der Waals surface area contributed by atoms with Gasteiger partial charge in [0.2, 0.25) is 0 Å². The van der Waals surface area contributed by atoms with Gasteiger partial charge in [0.25, 0.3) is 0 Å². The van der Waals surface area contributed by atoms with E-state index >= 15 is 0 Å². The Kier molecular flexibility index (Phi) is 3.72. The van der Waals surface area contributed by atoms with E-state index in [-0.39, 0.29) is 0 Å². The first-order chi connectivity index (χ1) is 9.24. The highest BCUT2D eigenvalue weighted by Gasteiger charge is 2.20. The summed E-state index contributed by atoms with van der Waals surface area (Å²) in [5.74, 6) is 0. The smallest absolute Gasteiger partial charge is 0.0329 e. The Morgan fingerprint density at radius 2 is 2.05 bits per heavy atom. The fourth-order valence-corrected chi connectivity index (χ4v) is 3.18. The minimum absolute atomic E-state index is 0.510. The molecule has 1 nitrogen and oxygen atoms in total. The summed E-state index contributed by atoms with van der Waals surface area (Å²) in [6.07, 6.45) is 2.41. The second-order valence-electron chi connectivity index (χ2n) is 5.25. The predicted molar refractivity (Wildman–Crippen MR) is 83.2 cm³/mol. The molecular weight excluding hydrogens is 298 g/mol. The molecule has 0 bridgehead atoms. The Balaban J connectivity index is 1.69. The molecule has 0 fully saturated rings. The van der Waals surface area contributed by atoms with Gasteiger partial charge in [-0.1, -0.05) is 52.3 Å². The number of rotatable bonds is 3. The van der Waals surface area contributed by atoms with Crippen molar-refractivity contribution in [3.8, 4) is 0 Å². The summed E-state index contributed by atoms with van der Waals surface area (Å²) in [6.45, 7) is 3.05. The quantitative estimate of drug-likeness (QED) is 0.877. The standard InChI is InChI=1S/C17H18BrN/c1-12-6-7-13(10-16(12)18)11-19-17-9-8-14-4-2-3-5-15(14)17/h2-7,10,17,19H,8-9,11H2,1H3. The summed E-state index contributed by atoms with van der Waals surface area (Å²) < 4.78 is 1.19. The number of hydrogen-bond donors (Lipinski definition) is 1. The Bertz CT molecular complexity index is 592. The molecule has 1 N–H and O–H groups in total. The molecule has 1 aliphatic carbocycles. The van der Waals surface area contributed by atoms with Crippen molar-refractivity contribution >= 4 is 15.9 Å². The fourth-order valence-electron chi connectivity index (χ4n) is 2.76. The molecule has 98 valence electrons. The van der Waals surface area contributed by atoms with Gasteiger partial charge in [0, 0.05) is 17.1 Å². The second-order valence-corrected chi connectivity index (χ2v) is 6.11. The zero-order valence-corrected chi connectivity index (χ0v) is 12.7. The minimum Gasteiger partial charge on any atom is -0.306 e. The molecule has 0 spiro atoms. The van der Waals surface area contributed by atoms with Crippen LogP contribution in [-0.2, 0) is 13.0 Å². The van der Waals surface area contributed by atoms with Crippen LogP contribution >= 0.6 is 15.9 Å². The Morgan fingerprint density at radius 3 is 2.89 bits per heavy atom. The van der Waals surface area contributed by atoms with Gasteiger partial charge >= 0.3 is 0 Å². The Morgan fingerprint density at radius 1 is 1.21 bits per heavy atom. The number of nitrogens with one attached hydrogen (secondary N) is 1. The maximum absolute atomic E-state index is 3.68. The number of aryl methyl sites for hydroxylation is 2. The van der Waals surface area contributed by atoms with Gasteiger partial charge in [-0.15, -0.1) is 0 Å². The van der Waals surface area contributed by atoms with E-state index in [0.29, 0.717) is 6.04 Å². The molecule has 0 aliphatic heterocycles. The SMILES string of the molecule is Cc1ccc(CNC2CCc3ccccc32)cc1Br. The average molecular weight is 316 g/mol. The van der Waals surface area contributed by atoms with Crippen molar-refractivity contribution in [2.24, 2.45) is 0 Å². The second kappa shape index (κ2) is 5.48. The molecule has 1 aliphatic rings. The molecule has 0 heterocycles. The molecule has 0 saturated carbocycles. The van der Waals surface area contributed by atoms with Crippen molar-refractivity contribution in [3.63, 3.8) is 0 Å². The molecule has 2 aromatic rings. The van der Waals surface area contributed by atoms with Gasteiger partial charge in [0.15, 0.2) is 0 Å². The first-order valence-corrected chi connectivity index (χ1v) is 7.59. The van der Waals surface area contributed by atoms with Crippen molar-refractivity contribution in [2.45, 2.75) is 32.4 Å². The third kappa shape index (κ3) is 2.75. The van der Waals surface area contributed by atoms with Crippen molar-refractivity contribution in [3.05, 3.63) is 69.2 Å². The van der Waals surface area contributed by atoms with Crippen LogP contribution in [0.4, 0.5) is 0 Å². The lowest BCUT2D eigenvalue weighted by molar-refractivity contribution is 0.530. The van der Waals surface area contributed by atoms with Crippen LogP contribution in [0.2, 0.25) is 0 Å². The molecular formula is C17H18BrN. The van der Waals surface area contributed by atoms with Gasteiger partial charge in [0.1, 0.15) is 0 Å². The van der Waals surface area contributed by atoms with E-state index < -0.39 is 0 Å². The minimum atomic E-state index is 0.510. The highest BCUT2D eigenvalue weighted by molar-refractivity contribution is 9.10. The zero-order valence-electron chi connectivity index (χ0n) is 11.1. The highest BCUT2D eigenvalue weighted by Crippen LogP contribution is 2.31. The van der Waals surface area contributed by atoms with E-state index in [1.165, 1.54) is 39.6 Å². The number of halogens is 1. The molecule has 0 saturated heterocycles. The Hall–Kier alpha value is -1.12. The lowest BCUT2D eigenvalue weighted by Crippen LogP contribution is -2.18. The summed E-state index contributed by atoms with van der Waals surface area (Å²) in [4.78, 5) is 0. The lowest BCUT2D eigenvalue weighted by Gasteiger charge is -2.14. The summed E-state index contributed by atoms with van der Waals surface area (Å²) in [6, 6.07) is 15.9. The molecule has 2 heteroatoms. The van der Waals surface area contributed by atoms with E-state index in [4.69, 9.17) is 0 Å². The normalized spacial score (nSPS) is 17.5. The van der Waals surface area contributed by atoms with Crippen LogP contribution in [0.3, 0.4) is 0 Å². The van der Waals surface area contributed by atoms with Gasteiger partial charge in [-0.2, -0.15) is 0 Å². The van der Waals surface area contributed by atoms with Gasteiger partial charge in [-0.25, -0.2) is 0 Å². The number of hydrogen-bond acceptors (Lipinski definition) is 1. The van der Waals surface area contributed by atoms with Crippen LogP contribution in [0.5, 0.6) is 0 Å². The fraction of sp³-hybridized carbons (Fsp3) is 0.294. The van der Waals surface area contributed by atoms with E-state index in [1.807, 2.05) is 0 Å². The van der Waals surface area contributed by atoms with Crippen molar-refractivity contribution in [1.82, 2.24) is 5.32 Å². The van der Waals surface area contributed by atoms with Gasteiger partial charge in [-0.3, -0.25) is 0 Å². The lowest BCUT2D eigenvalue weighted by atomic mass is 10.1. The molecule has 19 heavy (non-hydrogen) atoms. The zero-order chi connectivity index (χ0) is 13.2. The summed E-state index contributed by atoms with van der Waals surface area (Å²) >= 11 is 3.60. The predicted octanol–water partition coefficient (Wildman–Crippen LogP) is 4.53. The number of benzene rings is 2. The van der Waals surface area contributed by atoms with E-state index in [2.05, 4.69) is 70.6 Å². The maximum Gasteiger partial charge on any atom is 0.0329 e. The van der Waals surface area contributed by atoms with Crippen LogP contribution in [0, 0.1) is 6.92 Å². The van der Waals surface area contributed by atoms with Crippen LogP contribution in [0.15, 0.2) is 46.9 Å². The van der Waals surface area contributed by atoms with E-state index in [9.17, 15) is 0 Å². The first kappa shape index (κ1) is 12.9. The van der Waals surface area contributed by atoms with Gasteiger partial charge < -0.3 is 5.32 Å². The van der Waals surface area contributed by atoms with E-state index in [0.717, 1.165) is 6.54 Å². The molecule has 1 unspecified atom stereocenters. The molecule has 0 radical (unpaired) electrons. The molecule has 2 aromatic carbocycles. The van der Waals surface area contributed by atoms with Crippen LogP contribution in [0.25, 0.3) is 0 Å². The van der Waals surface area contributed by atoms with Crippen LogP contribution < -0.4 is 5.32 Å². The largest absolute Gasteiger partial charge is 0.306 e. The number of fused-ring (bicyclic) bond motifs is 1. The van der Waals surface area contributed by atoms with E-state index in [1.54, 1.807) is 0 Å². The van der Waals surface area contributed by atoms with Gasteiger partial charge in [-0.05, 0) is 48.1 Å². The van der Waals surface area contributed by atoms with Crippen LogP contribution in [-0.4, -0.2) is 0 Å². The highest BCUT2D eigenvalue weighted by atomic mass is 79.9. The monoisotopic (exact) mass is 315 g/mol. The van der Waals surface area contributed by atoms with Crippen molar-refractivity contribution in [2.75, 3.05) is 0 Å². The molecule has 3 rings (SSSR count). The topological polar surface area (TPSA) is 12.0 Å². The summed E-state index contributed by atoms with van der Waals surface area (Å²) in [7, 11) is 0. The summed E-state index contributed by atoms with van der Waals surface area (Å²) in [5, 5.41) is 3.68. The first-order valence-electron chi connectivity index (χ1n) is 6.80. The van der Waals surface area contributed by atoms with Crippen molar-refractivity contribution < 1.29 is 0 Å². The van der Waals surface area contributed by atoms with Crippen LogP contribution in [0.1, 0.15) is 34.7 Å². The van der Waals surface area contributed by atoms with Gasteiger partial charge in [0.05, 0.1) is 0 Å². The maximum atomic E-state index is 3.68. The average Bonchev–Trinajstić information content (AvgIpc) is 2.83. The Labute approximate surface area is 123 Å². The summed E-state index contributed by atoms with van der Waals surface area (Å²) in [5.41, 5.74) is 5.61.